The van der Waals surface area contributed by atoms with Crippen LogP contribution in [0.25, 0.3) is 10.2 Å². The number of amides is 1. The third kappa shape index (κ3) is 3.39. The minimum absolute atomic E-state index is 0.101. The van der Waals surface area contributed by atoms with Crippen LogP contribution in [0.1, 0.15) is 0 Å². The van der Waals surface area contributed by atoms with Gasteiger partial charge in [0, 0.05) is 11.9 Å². The van der Waals surface area contributed by atoms with Gasteiger partial charge in [0.25, 0.3) is 0 Å². The molecule has 2 aromatic carbocycles. The van der Waals surface area contributed by atoms with Gasteiger partial charge in [0.2, 0.25) is 5.91 Å². The Kier molecular flexibility index (Phi) is 4.25. The highest BCUT2D eigenvalue weighted by Gasteiger charge is 2.12. The van der Waals surface area contributed by atoms with Crippen LogP contribution in [-0.2, 0) is 21.2 Å². The van der Waals surface area contributed by atoms with Crippen LogP contribution >= 0.6 is 11.3 Å². The highest BCUT2D eigenvalue weighted by Crippen LogP contribution is 2.17. The minimum Gasteiger partial charge on any atom is -0.325 e. The van der Waals surface area contributed by atoms with Gasteiger partial charge in [0.15, 0.2) is 9.84 Å². The first-order chi connectivity index (χ1) is 11.3. The number of hydrogen-bond donors (Lipinski definition) is 1. The first-order valence-corrected chi connectivity index (χ1v) is 9.74. The molecule has 1 amide bonds. The largest absolute Gasteiger partial charge is 0.325 e. The molecule has 3 rings (SSSR count). The van der Waals surface area contributed by atoms with Crippen molar-refractivity contribution in [3.05, 3.63) is 58.2 Å². The molecule has 8 heteroatoms. The molecule has 0 radical (unpaired) electrons. The van der Waals surface area contributed by atoms with E-state index in [1.165, 1.54) is 28.8 Å². The van der Waals surface area contributed by atoms with Crippen LogP contribution in [0, 0.1) is 0 Å². The summed E-state index contributed by atoms with van der Waals surface area (Å²) in [6.45, 7) is -0.101. The maximum Gasteiger partial charge on any atom is 0.308 e. The van der Waals surface area contributed by atoms with E-state index < -0.39 is 9.84 Å². The Bertz CT molecular complexity index is 1060. The molecule has 124 valence electrons. The summed E-state index contributed by atoms with van der Waals surface area (Å²) in [5, 5.41) is 2.66. The number of sulfone groups is 1. The summed E-state index contributed by atoms with van der Waals surface area (Å²) < 4.78 is 25.1. The summed E-state index contributed by atoms with van der Waals surface area (Å²) in [5.74, 6) is -0.354. The molecule has 0 unspecified atom stereocenters. The molecule has 6 nitrogen and oxygen atoms in total. The van der Waals surface area contributed by atoms with Crippen molar-refractivity contribution < 1.29 is 13.2 Å². The number of anilines is 1. The predicted octanol–water partition coefficient (Wildman–Crippen LogP) is 2.11. The number of para-hydroxylation sites is 1. The highest BCUT2D eigenvalue weighted by atomic mass is 32.2. The fourth-order valence-corrected chi connectivity index (χ4v) is 3.81. The summed E-state index contributed by atoms with van der Waals surface area (Å²) in [5.41, 5.74) is 1.19. The number of nitrogens with zero attached hydrogens (tertiary/aromatic N) is 1. The summed E-state index contributed by atoms with van der Waals surface area (Å²) >= 11 is 1.09. The molecule has 0 bridgehead atoms. The Hall–Kier alpha value is -2.45. The molecule has 0 fully saturated rings. The number of carbonyl (C=O) groups is 1. The average molecular weight is 362 g/mol. The average Bonchev–Trinajstić information content (AvgIpc) is 2.83. The van der Waals surface area contributed by atoms with Crippen molar-refractivity contribution in [2.75, 3.05) is 11.6 Å². The lowest BCUT2D eigenvalue weighted by Gasteiger charge is -2.07. The number of aromatic nitrogens is 1. The number of hydrogen-bond acceptors (Lipinski definition) is 5. The maximum atomic E-state index is 12.2. The first kappa shape index (κ1) is 16.4. The van der Waals surface area contributed by atoms with Crippen LogP contribution in [0.2, 0.25) is 0 Å². The van der Waals surface area contributed by atoms with E-state index in [4.69, 9.17) is 0 Å². The van der Waals surface area contributed by atoms with Crippen molar-refractivity contribution in [2.45, 2.75) is 11.4 Å². The van der Waals surface area contributed by atoms with Gasteiger partial charge in [-0.15, -0.1) is 0 Å². The lowest BCUT2D eigenvalue weighted by atomic mass is 10.3. The second-order valence-electron chi connectivity index (χ2n) is 5.27. The molecule has 0 aliphatic heterocycles. The van der Waals surface area contributed by atoms with Crippen molar-refractivity contribution >= 4 is 43.0 Å². The molecule has 0 saturated carbocycles. The Balaban J connectivity index is 1.78. The van der Waals surface area contributed by atoms with Gasteiger partial charge in [-0.1, -0.05) is 23.5 Å². The standard InChI is InChI=1S/C16H14N2O4S2/c1-24(21,22)12-8-6-11(7-9-12)17-15(19)10-18-13-4-2-3-5-14(13)23-16(18)20/h2-9H,10H2,1H3,(H,17,19). The molecular formula is C16H14N2O4S2. The SMILES string of the molecule is CS(=O)(=O)c1ccc(NC(=O)Cn2c(=O)sc3ccccc32)cc1. The summed E-state index contributed by atoms with van der Waals surface area (Å²) in [6, 6.07) is 13.2. The molecule has 1 N–H and O–H groups in total. The Morgan fingerprint density at radius 2 is 1.79 bits per heavy atom. The maximum absolute atomic E-state index is 12.2. The fourth-order valence-electron chi connectivity index (χ4n) is 2.29. The van der Waals surface area contributed by atoms with Gasteiger partial charge in [-0.25, -0.2) is 8.42 Å². The molecule has 0 spiro atoms. The number of rotatable bonds is 4. The van der Waals surface area contributed by atoms with Crippen LogP contribution < -0.4 is 10.2 Å². The van der Waals surface area contributed by atoms with Crippen LogP contribution in [0.5, 0.6) is 0 Å². The third-order valence-electron chi connectivity index (χ3n) is 3.44. The lowest BCUT2D eigenvalue weighted by molar-refractivity contribution is -0.116. The minimum atomic E-state index is -3.28. The second kappa shape index (κ2) is 6.21. The van der Waals surface area contributed by atoms with Gasteiger partial charge in [0.05, 0.1) is 15.1 Å². The van der Waals surface area contributed by atoms with Crippen molar-refractivity contribution in [3.8, 4) is 0 Å². The van der Waals surface area contributed by atoms with Crippen molar-refractivity contribution in [2.24, 2.45) is 0 Å². The smallest absolute Gasteiger partial charge is 0.308 e. The van der Waals surface area contributed by atoms with E-state index in [0.717, 1.165) is 27.8 Å². The van der Waals surface area contributed by atoms with Crippen LogP contribution in [-0.4, -0.2) is 25.1 Å². The number of benzene rings is 2. The Morgan fingerprint density at radius 3 is 2.46 bits per heavy atom. The molecule has 0 aliphatic rings. The Labute approximate surface area is 142 Å². The van der Waals surface area contributed by atoms with E-state index in [1.54, 1.807) is 6.07 Å². The van der Waals surface area contributed by atoms with Gasteiger partial charge < -0.3 is 5.32 Å². The number of thiazole rings is 1. The van der Waals surface area contributed by atoms with Crippen LogP contribution in [0.15, 0.2) is 58.2 Å². The second-order valence-corrected chi connectivity index (χ2v) is 8.28. The topological polar surface area (TPSA) is 85.2 Å². The molecule has 0 atom stereocenters. The van der Waals surface area contributed by atoms with Crippen molar-refractivity contribution in [1.29, 1.82) is 0 Å². The zero-order valence-corrected chi connectivity index (χ0v) is 14.4. The zero-order valence-electron chi connectivity index (χ0n) is 12.7. The van der Waals surface area contributed by atoms with Crippen molar-refractivity contribution in [1.82, 2.24) is 4.57 Å². The summed E-state index contributed by atoms with van der Waals surface area (Å²) in [6.07, 6.45) is 1.12. The van der Waals surface area contributed by atoms with E-state index in [0.29, 0.717) is 5.69 Å². The molecule has 1 aromatic heterocycles. The number of fused-ring (bicyclic) bond motifs is 1. The number of carbonyl (C=O) groups excluding carboxylic acids is 1. The molecular weight excluding hydrogens is 348 g/mol. The van der Waals surface area contributed by atoms with E-state index in [2.05, 4.69) is 5.32 Å². The van der Waals surface area contributed by atoms with Gasteiger partial charge in [-0.05, 0) is 36.4 Å². The van der Waals surface area contributed by atoms with E-state index >= 15 is 0 Å². The molecule has 0 aliphatic carbocycles. The predicted molar refractivity (Wildman–Crippen MR) is 94.3 cm³/mol. The molecule has 24 heavy (non-hydrogen) atoms. The van der Waals surface area contributed by atoms with Gasteiger partial charge >= 0.3 is 4.87 Å². The molecule has 1 heterocycles. The van der Waals surface area contributed by atoms with Gasteiger partial charge in [0.1, 0.15) is 6.54 Å². The first-order valence-electron chi connectivity index (χ1n) is 7.03. The lowest BCUT2D eigenvalue weighted by Crippen LogP contribution is -2.24. The quantitative estimate of drug-likeness (QED) is 0.770. The Morgan fingerprint density at radius 1 is 1.12 bits per heavy atom. The third-order valence-corrected chi connectivity index (χ3v) is 5.53. The van der Waals surface area contributed by atoms with E-state index in [1.807, 2.05) is 18.2 Å². The highest BCUT2D eigenvalue weighted by molar-refractivity contribution is 7.90. The van der Waals surface area contributed by atoms with Gasteiger partial charge in [-0.2, -0.15) is 0 Å². The van der Waals surface area contributed by atoms with Crippen molar-refractivity contribution in [3.63, 3.8) is 0 Å². The monoisotopic (exact) mass is 362 g/mol. The van der Waals surface area contributed by atoms with E-state index in [9.17, 15) is 18.0 Å². The summed E-state index contributed by atoms with van der Waals surface area (Å²) in [7, 11) is -3.28. The van der Waals surface area contributed by atoms with E-state index in [-0.39, 0.29) is 22.2 Å². The normalized spacial score (nSPS) is 11.5. The fraction of sp³-hybridized carbons (Fsp3) is 0.125. The molecule has 3 aromatic rings. The van der Waals surface area contributed by atoms with Crippen LogP contribution in [0.4, 0.5) is 5.69 Å². The summed E-state index contributed by atoms with van der Waals surface area (Å²) in [4.78, 5) is 24.2. The van der Waals surface area contributed by atoms with Gasteiger partial charge in [-0.3, -0.25) is 14.2 Å². The number of nitrogens with one attached hydrogen (secondary N) is 1. The van der Waals surface area contributed by atoms with Crippen LogP contribution in [0.3, 0.4) is 0 Å². The molecule has 0 saturated heterocycles. The zero-order chi connectivity index (χ0) is 17.3.